The summed E-state index contributed by atoms with van der Waals surface area (Å²) in [7, 11) is 0. The van der Waals surface area contributed by atoms with Gasteiger partial charge in [-0.2, -0.15) is 0 Å². The van der Waals surface area contributed by atoms with Crippen LogP contribution < -0.4 is 0 Å². The molecule has 3 heteroatoms. The number of hydrogen-bond donors (Lipinski definition) is 0. The van der Waals surface area contributed by atoms with Crippen molar-refractivity contribution in [2.75, 3.05) is 6.61 Å². The van der Waals surface area contributed by atoms with Crippen molar-refractivity contribution in [3.8, 4) is 0 Å². The van der Waals surface area contributed by atoms with Crippen LogP contribution in [0.2, 0.25) is 0 Å². The first-order chi connectivity index (χ1) is 10.3. The molecule has 22 heavy (non-hydrogen) atoms. The highest BCUT2D eigenvalue weighted by atomic mass is 16.5. The Morgan fingerprint density at radius 1 is 1.18 bits per heavy atom. The number of rotatable bonds is 5. The fourth-order valence-corrected chi connectivity index (χ4v) is 3.40. The third kappa shape index (κ3) is 2.94. The molecule has 1 fully saturated rings. The average Bonchev–Trinajstić information content (AvgIpc) is 2.72. The van der Waals surface area contributed by atoms with Gasteiger partial charge in [-0.05, 0) is 36.3 Å². The molecule has 1 aliphatic carbocycles. The van der Waals surface area contributed by atoms with E-state index in [9.17, 15) is 9.59 Å². The van der Waals surface area contributed by atoms with Crippen molar-refractivity contribution in [2.24, 2.45) is 16.7 Å². The number of carbonyl (C=O) groups excluding carboxylic acids is 2. The second-order valence-electron chi connectivity index (χ2n) is 7.17. The van der Waals surface area contributed by atoms with Crippen molar-refractivity contribution in [1.82, 2.24) is 0 Å². The van der Waals surface area contributed by atoms with E-state index >= 15 is 0 Å². The molecule has 0 radical (unpaired) electrons. The molecule has 1 aromatic carbocycles. The van der Waals surface area contributed by atoms with Gasteiger partial charge in [0.1, 0.15) is 5.78 Å². The number of ether oxygens (including phenoxy) is 1. The molecule has 0 bridgehead atoms. The Labute approximate surface area is 133 Å². The Bertz CT molecular complexity index is 547. The van der Waals surface area contributed by atoms with Gasteiger partial charge in [-0.25, -0.2) is 4.79 Å². The average molecular weight is 302 g/mol. The van der Waals surface area contributed by atoms with E-state index < -0.39 is 0 Å². The number of Topliss-reactive ketones (excluding diaryl/α,β-unsaturated/α-hetero) is 1. The summed E-state index contributed by atoms with van der Waals surface area (Å²) < 4.78 is 5.24. The van der Waals surface area contributed by atoms with E-state index in [-0.39, 0.29) is 29.2 Å². The van der Waals surface area contributed by atoms with Crippen molar-refractivity contribution >= 4 is 11.8 Å². The van der Waals surface area contributed by atoms with Crippen LogP contribution in [-0.2, 0) is 9.53 Å². The molecule has 1 saturated carbocycles. The van der Waals surface area contributed by atoms with Gasteiger partial charge < -0.3 is 4.74 Å². The van der Waals surface area contributed by atoms with Gasteiger partial charge in [0.15, 0.2) is 0 Å². The van der Waals surface area contributed by atoms with Crippen molar-refractivity contribution in [2.45, 2.75) is 47.0 Å². The van der Waals surface area contributed by atoms with Crippen LogP contribution in [0.4, 0.5) is 0 Å². The minimum Gasteiger partial charge on any atom is -0.462 e. The van der Waals surface area contributed by atoms with Gasteiger partial charge in [0, 0.05) is 11.8 Å². The minimum atomic E-state index is -0.363. The van der Waals surface area contributed by atoms with Gasteiger partial charge >= 0.3 is 5.97 Å². The summed E-state index contributed by atoms with van der Waals surface area (Å²) in [6, 6.07) is 8.88. The topological polar surface area (TPSA) is 43.4 Å². The molecule has 1 aromatic rings. The van der Waals surface area contributed by atoms with Gasteiger partial charge in [-0.15, -0.1) is 0 Å². The molecule has 1 aliphatic rings. The molecule has 3 nitrogen and oxygen atoms in total. The first-order valence-corrected chi connectivity index (χ1v) is 8.04. The number of carbonyl (C=O) groups is 2. The highest BCUT2D eigenvalue weighted by molar-refractivity contribution is 5.90. The van der Waals surface area contributed by atoms with E-state index in [4.69, 9.17) is 4.74 Å². The smallest absolute Gasteiger partial charge is 0.338 e. The summed E-state index contributed by atoms with van der Waals surface area (Å²) in [5.41, 5.74) is 0.204. The molecular formula is C19H26O3. The molecule has 2 rings (SSSR count). The van der Waals surface area contributed by atoms with Crippen LogP contribution in [0.25, 0.3) is 0 Å². The lowest BCUT2D eigenvalue weighted by atomic mass is 9.63. The minimum absolute atomic E-state index is 0.00643. The van der Waals surface area contributed by atoms with Crippen LogP contribution in [-0.4, -0.2) is 18.4 Å². The largest absolute Gasteiger partial charge is 0.462 e. The van der Waals surface area contributed by atoms with E-state index in [0.29, 0.717) is 17.9 Å². The lowest BCUT2D eigenvalue weighted by molar-refractivity contribution is -0.134. The number of benzene rings is 1. The summed E-state index contributed by atoms with van der Waals surface area (Å²) in [5.74, 6) is 0.383. The third-order valence-electron chi connectivity index (χ3n) is 5.92. The van der Waals surface area contributed by atoms with Crippen molar-refractivity contribution in [1.29, 1.82) is 0 Å². The quantitative estimate of drug-likeness (QED) is 0.763. The summed E-state index contributed by atoms with van der Waals surface area (Å²) in [4.78, 5) is 24.5. The molecule has 2 atom stereocenters. The van der Waals surface area contributed by atoms with Crippen LogP contribution in [0.3, 0.4) is 0 Å². The molecule has 0 heterocycles. The van der Waals surface area contributed by atoms with Crippen LogP contribution >= 0.6 is 0 Å². The predicted molar refractivity (Wildman–Crippen MR) is 86.6 cm³/mol. The number of hydrogen-bond acceptors (Lipinski definition) is 3. The maximum atomic E-state index is 12.7. The van der Waals surface area contributed by atoms with Crippen molar-refractivity contribution in [3.05, 3.63) is 35.9 Å². The van der Waals surface area contributed by atoms with Crippen LogP contribution in [0.15, 0.2) is 30.3 Å². The van der Waals surface area contributed by atoms with Gasteiger partial charge in [0.05, 0.1) is 12.2 Å². The Kier molecular flexibility index (Phi) is 4.74. The van der Waals surface area contributed by atoms with Gasteiger partial charge in [-0.3, -0.25) is 4.79 Å². The summed E-state index contributed by atoms with van der Waals surface area (Å²) >= 11 is 0. The molecule has 0 N–H and O–H groups in total. The summed E-state index contributed by atoms with van der Waals surface area (Å²) in [6.45, 7) is 8.80. The van der Waals surface area contributed by atoms with E-state index in [2.05, 4.69) is 27.7 Å². The Balaban J connectivity index is 1.90. The molecule has 0 spiro atoms. The summed E-state index contributed by atoms with van der Waals surface area (Å²) in [5, 5.41) is 0. The highest BCUT2D eigenvalue weighted by Crippen LogP contribution is 2.56. The third-order valence-corrected chi connectivity index (χ3v) is 5.92. The highest BCUT2D eigenvalue weighted by Gasteiger charge is 2.53. The van der Waals surface area contributed by atoms with Crippen molar-refractivity contribution in [3.63, 3.8) is 0 Å². The Hall–Kier alpha value is -1.64. The van der Waals surface area contributed by atoms with E-state index in [0.717, 1.165) is 12.8 Å². The first kappa shape index (κ1) is 16.7. The molecular weight excluding hydrogens is 276 g/mol. The normalized spacial score (nSPS) is 26.6. The van der Waals surface area contributed by atoms with E-state index in [1.54, 1.807) is 24.3 Å². The van der Waals surface area contributed by atoms with E-state index in [1.165, 1.54) is 0 Å². The second kappa shape index (κ2) is 6.23. The monoisotopic (exact) mass is 302 g/mol. The molecule has 0 unspecified atom stereocenters. The Morgan fingerprint density at radius 2 is 1.82 bits per heavy atom. The Morgan fingerprint density at radius 3 is 2.36 bits per heavy atom. The zero-order valence-corrected chi connectivity index (χ0v) is 14.0. The fraction of sp³-hybridized carbons (Fsp3) is 0.579. The molecule has 0 aliphatic heterocycles. The summed E-state index contributed by atoms with van der Waals surface area (Å²) in [6.07, 6.45) is 2.30. The molecule has 0 amide bonds. The molecule has 0 saturated heterocycles. The lowest BCUT2D eigenvalue weighted by Crippen LogP contribution is -2.40. The lowest BCUT2D eigenvalue weighted by Gasteiger charge is -2.39. The molecule has 120 valence electrons. The van der Waals surface area contributed by atoms with E-state index in [1.807, 2.05) is 6.07 Å². The second-order valence-corrected chi connectivity index (χ2v) is 7.17. The van der Waals surface area contributed by atoms with Crippen LogP contribution in [0, 0.1) is 16.7 Å². The van der Waals surface area contributed by atoms with Crippen LogP contribution in [0.1, 0.15) is 57.3 Å². The zero-order chi connectivity index (χ0) is 16.4. The standard InChI is InChI=1S/C19H26O3/c1-14-10-12-19(4,18(14,2)3)16(20)11-13-22-17(21)15-8-6-5-7-9-15/h5-9,14H,10-13H2,1-4H3/t14-,19+/m0/s1. The predicted octanol–water partition coefficient (Wildman–Crippen LogP) is 4.27. The molecule has 0 aromatic heterocycles. The van der Waals surface area contributed by atoms with Gasteiger partial charge in [0.2, 0.25) is 0 Å². The van der Waals surface area contributed by atoms with Gasteiger partial charge in [0.25, 0.3) is 0 Å². The first-order valence-electron chi connectivity index (χ1n) is 8.04. The SMILES string of the molecule is C[C@H]1CC[C@](C)(C(=O)CCOC(=O)c2ccccc2)C1(C)C. The maximum absolute atomic E-state index is 12.7. The van der Waals surface area contributed by atoms with Crippen LogP contribution in [0.5, 0.6) is 0 Å². The number of esters is 1. The number of ketones is 1. The fourth-order valence-electron chi connectivity index (χ4n) is 3.40. The maximum Gasteiger partial charge on any atom is 0.338 e. The van der Waals surface area contributed by atoms with Crippen molar-refractivity contribution < 1.29 is 14.3 Å². The van der Waals surface area contributed by atoms with Gasteiger partial charge in [-0.1, -0.05) is 45.9 Å². The zero-order valence-electron chi connectivity index (χ0n) is 14.0.